The molecular formula is C18H29N3O2. The van der Waals surface area contributed by atoms with Crippen LogP contribution in [-0.2, 0) is 9.53 Å². The lowest BCUT2D eigenvalue weighted by atomic mass is 9.72. The van der Waals surface area contributed by atoms with Crippen molar-refractivity contribution in [3.63, 3.8) is 0 Å². The summed E-state index contributed by atoms with van der Waals surface area (Å²) in [5.41, 5.74) is 3.00. The van der Waals surface area contributed by atoms with Gasteiger partial charge in [-0.25, -0.2) is 0 Å². The summed E-state index contributed by atoms with van der Waals surface area (Å²) in [4.78, 5) is 12.4. The van der Waals surface area contributed by atoms with Crippen LogP contribution >= 0.6 is 0 Å². The third kappa shape index (κ3) is 5.40. The van der Waals surface area contributed by atoms with E-state index in [0.717, 1.165) is 37.1 Å². The monoisotopic (exact) mass is 319 g/mol. The van der Waals surface area contributed by atoms with Crippen molar-refractivity contribution >= 4 is 5.91 Å². The van der Waals surface area contributed by atoms with Gasteiger partial charge in [0.15, 0.2) is 0 Å². The molecule has 0 bridgehead atoms. The van der Waals surface area contributed by atoms with E-state index >= 15 is 0 Å². The van der Waals surface area contributed by atoms with Crippen LogP contribution < -0.4 is 10.6 Å². The highest BCUT2D eigenvalue weighted by Crippen LogP contribution is 2.42. The minimum Gasteiger partial charge on any atom is -0.385 e. The van der Waals surface area contributed by atoms with E-state index < -0.39 is 0 Å². The number of amides is 1. The summed E-state index contributed by atoms with van der Waals surface area (Å²) in [5, 5.41) is 15.3. The number of nitrogens with one attached hydrogen (secondary N) is 2. The van der Waals surface area contributed by atoms with Crippen molar-refractivity contribution in [1.29, 1.82) is 5.26 Å². The molecule has 1 rings (SSSR count). The Labute approximate surface area is 139 Å². The Morgan fingerprint density at radius 2 is 2.04 bits per heavy atom. The highest BCUT2D eigenvalue weighted by atomic mass is 16.5. The molecule has 1 amide bonds. The Morgan fingerprint density at radius 1 is 1.35 bits per heavy atom. The minimum absolute atomic E-state index is 0.0115. The Bertz CT molecular complexity index is 539. The van der Waals surface area contributed by atoms with Crippen LogP contribution in [0.2, 0.25) is 0 Å². The lowest BCUT2D eigenvalue weighted by Crippen LogP contribution is -2.35. The van der Waals surface area contributed by atoms with Crippen LogP contribution in [0.1, 0.15) is 47.0 Å². The number of carbonyl (C=O) groups is 1. The van der Waals surface area contributed by atoms with Gasteiger partial charge in [0.25, 0.3) is 5.91 Å². The van der Waals surface area contributed by atoms with Gasteiger partial charge in [-0.3, -0.25) is 4.79 Å². The van der Waals surface area contributed by atoms with Gasteiger partial charge < -0.3 is 15.4 Å². The SMILES string of the molecule is CCCOCCNC1=C(C(=O)NC)/C(=C(\C)C#N)CC(C)(C)C1. The maximum absolute atomic E-state index is 12.4. The summed E-state index contributed by atoms with van der Waals surface area (Å²) in [7, 11) is 1.62. The Morgan fingerprint density at radius 3 is 2.61 bits per heavy atom. The van der Waals surface area contributed by atoms with Crippen LogP contribution in [0.4, 0.5) is 0 Å². The van der Waals surface area contributed by atoms with E-state index in [1.807, 2.05) is 0 Å². The second-order valence-electron chi connectivity index (χ2n) is 6.70. The first-order chi connectivity index (χ1) is 10.9. The smallest absolute Gasteiger partial charge is 0.253 e. The molecular weight excluding hydrogens is 290 g/mol. The van der Waals surface area contributed by atoms with Crippen molar-refractivity contribution < 1.29 is 9.53 Å². The number of hydrogen-bond donors (Lipinski definition) is 2. The van der Waals surface area contributed by atoms with Gasteiger partial charge >= 0.3 is 0 Å². The highest BCUT2D eigenvalue weighted by Gasteiger charge is 2.34. The fraction of sp³-hybridized carbons (Fsp3) is 0.667. The molecule has 0 heterocycles. The molecule has 0 saturated heterocycles. The number of rotatable bonds is 7. The number of allylic oxidation sites excluding steroid dienone is 2. The molecule has 2 N–H and O–H groups in total. The van der Waals surface area contributed by atoms with Gasteiger partial charge in [-0.05, 0) is 37.2 Å². The van der Waals surface area contributed by atoms with Crippen LogP contribution in [-0.4, -0.2) is 32.7 Å². The predicted molar refractivity (Wildman–Crippen MR) is 91.5 cm³/mol. The summed E-state index contributed by atoms with van der Waals surface area (Å²) in [6.45, 7) is 10.2. The highest BCUT2D eigenvalue weighted by molar-refractivity contribution is 5.99. The number of nitriles is 1. The lowest BCUT2D eigenvalue weighted by Gasteiger charge is -2.35. The molecule has 0 saturated carbocycles. The summed E-state index contributed by atoms with van der Waals surface area (Å²) in [6.07, 6.45) is 2.51. The Balaban J connectivity index is 3.11. The van der Waals surface area contributed by atoms with Gasteiger partial charge in [-0.1, -0.05) is 20.8 Å². The molecule has 23 heavy (non-hydrogen) atoms. The average molecular weight is 319 g/mol. The van der Waals surface area contributed by atoms with E-state index in [4.69, 9.17) is 4.74 Å². The fourth-order valence-corrected chi connectivity index (χ4v) is 2.84. The zero-order chi connectivity index (χ0) is 17.5. The molecule has 1 aliphatic rings. The first kappa shape index (κ1) is 19.2. The van der Waals surface area contributed by atoms with Crippen molar-refractivity contribution in [2.75, 3.05) is 26.8 Å². The first-order valence-corrected chi connectivity index (χ1v) is 8.23. The summed E-state index contributed by atoms with van der Waals surface area (Å²) in [5.74, 6) is -0.137. The minimum atomic E-state index is -0.137. The molecule has 0 radical (unpaired) electrons. The molecule has 0 aromatic carbocycles. The molecule has 0 atom stereocenters. The van der Waals surface area contributed by atoms with Crippen LogP contribution in [0.3, 0.4) is 0 Å². The second kappa shape index (κ2) is 8.73. The number of nitrogens with zero attached hydrogens (tertiary/aromatic N) is 1. The predicted octanol–water partition coefficient (Wildman–Crippen LogP) is 2.66. The van der Waals surface area contributed by atoms with Crippen LogP contribution in [0, 0.1) is 16.7 Å². The Hall–Kier alpha value is -1.80. The molecule has 0 aromatic heterocycles. The normalized spacial score (nSPS) is 19.1. The average Bonchev–Trinajstić information content (AvgIpc) is 2.51. The maximum Gasteiger partial charge on any atom is 0.253 e. The largest absolute Gasteiger partial charge is 0.385 e. The van der Waals surface area contributed by atoms with Crippen molar-refractivity contribution in [3.05, 3.63) is 22.4 Å². The number of hydrogen-bond acceptors (Lipinski definition) is 4. The number of carbonyl (C=O) groups excluding carboxylic acids is 1. The van der Waals surface area contributed by atoms with Crippen molar-refractivity contribution in [1.82, 2.24) is 10.6 Å². The molecule has 0 fully saturated rings. The lowest BCUT2D eigenvalue weighted by molar-refractivity contribution is -0.117. The Kier molecular flexibility index (Phi) is 7.31. The van der Waals surface area contributed by atoms with E-state index in [9.17, 15) is 10.1 Å². The van der Waals surface area contributed by atoms with Crippen molar-refractivity contribution in [3.8, 4) is 6.07 Å². The third-order valence-corrected chi connectivity index (χ3v) is 3.92. The topological polar surface area (TPSA) is 74.2 Å². The zero-order valence-electron chi connectivity index (χ0n) is 15.0. The van der Waals surface area contributed by atoms with Crippen LogP contribution in [0.15, 0.2) is 22.4 Å². The van der Waals surface area contributed by atoms with Crippen molar-refractivity contribution in [2.45, 2.75) is 47.0 Å². The molecule has 0 aliphatic heterocycles. The van der Waals surface area contributed by atoms with E-state index in [1.165, 1.54) is 0 Å². The fourth-order valence-electron chi connectivity index (χ4n) is 2.84. The summed E-state index contributed by atoms with van der Waals surface area (Å²) >= 11 is 0. The van der Waals surface area contributed by atoms with Gasteiger partial charge in [-0.2, -0.15) is 5.26 Å². The third-order valence-electron chi connectivity index (χ3n) is 3.92. The molecule has 0 unspecified atom stereocenters. The van der Waals surface area contributed by atoms with Crippen molar-refractivity contribution in [2.24, 2.45) is 5.41 Å². The molecule has 5 heteroatoms. The van der Waals surface area contributed by atoms with Gasteiger partial charge in [0.2, 0.25) is 0 Å². The molecule has 5 nitrogen and oxygen atoms in total. The molecule has 128 valence electrons. The number of likely N-dealkylation sites (N-methyl/N-ethyl adjacent to an activating group) is 1. The van der Waals surface area contributed by atoms with E-state index in [1.54, 1.807) is 14.0 Å². The summed E-state index contributed by atoms with van der Waals surface area (Å²) in [6, 6.07) is 2.20. The zero-order valence-corrected chi connectivity index (χ0v) is 15.0. The maximum atomic E-state index is 12.4. The molecule has 0 spiro atoms. The number of ether oxygens (including phenoxy) is 1. The molecule has 1 aliphatic carbocycles. The van der Waals surface area contributed by atoms with Gasteiger partial charge in [0.05, 0.1) is 18.2 Å². The molecule has 0 aromatic rings. The summed E-state index contributed by atoms with van der Waals surface area (Å²) < 4.78 is 5.49. The van der Waals surface area contributed by atoms with E-state index in [2.05, 4.69) is 37.5 Å². The second-order valence-corrected chi connectivity index (χ2v) is 6.70. The van der Waals surface area contributed by atoms with Crippen LogP contribution in [0.5, 0.6) is 0 Å². The van der Waals surface area contributed by atoms with Gasteiger partial charge in [-0.15, -0.1) is 0 Å². The van der Waals surface area contributed by atoms with Gasteiger partial charge in [0, 0.05) is 31.5 Å². The van der Waals surface area contributed by atoms with E-state index in [0.29, 0.717) is 24.3 Å². The van der Waals surface area contributed by atoms with E-state index in [-0.39, 0.29) is 11.3 Å². The van der Waals surface area contributed by atoms with Crippen LogP contribution in [0.25, 0.3) is 0 Å². The first-order valence-electron chi connectivity index (χ1n) is 8.23. The van der Waals surface area contributed by atoms with Gasteiger partial charge in [0.1, 0.15) is 0 Å². The standard InChI is InChI=1S/C18H29N3O2/c1-6-8-23-9-7-21-15-11-18(3,4)10-14(13(2)12-19)16(15)17(22)20-5/h21H,6-11H2,1-5H3,(H,20,22)/b14-13+. The quantitative estimate of drug-likeness (QED) is 0.559.